The number of thiazole rings is 1. The van der Waals surface area contributed by atoms with E-state index in [1.165, 1.54) is 0 Å². The van der Waals surface area contributed by atoms with Crippen LogP contribution in [0, 0.1) is 12.8 Å². The molecule has 0 atom stereocenters. The van der Waals surface area contributed by atoms with Crippen LogP contribution in [-0.4, -0.2) is 34.0 Å². The minimum absolute atomic E-state index is 0.0722. The van der Waals surface area contributed by atoms with Crippen molar-refractivity contribution in [2.75, 3.05) is 13.6 Å². The van der Waals surface area contributed by atoms with Gasteiger partial charge in [-0.3, -0.25) is 4.79 Å². The fourth-order valence-corrected chi connectivity index (χ4v) is 4.54. The number of benzene rings is 1. The maximum atomic E-state index is 13.2. The average molecular weight is 488 g/mol. The number of ether oxygens (including phenoxy) is 1. The van der Waals surface area contributed by atoms with Crippen LogP contribution in [0.4, 0.5) is 0 Å². The van der Waals surface area contributed by atoms with Gasteiger partial charge in [0.1, 0.15) is 17.4 Å². The summed E-state index contributed by atoms with van der Waals surface area (Å²) in [5.74, 6) is 1.29. The molecule has 2 heterocycles. The van der Waals surface area contributed by atoms with Gasteiger partial charge in [0.25, 0.3) is 5.91 Å². The predicted molar refractivity (Wildman–Crippen MR) is 137 cm³/mol. The highest BCUT2D eigenvalue weighted by molar-refractivity contribution is 7.09. The van der Waals surface area contributed by atoms with E-state index >= 15 is 0 Å². The molecule has 0 spiro atoms. The summed E-state index contributed by atoms with van der Waals surface area (Å²) in [6.07, 6.45) is 3.10. The molecule has 5 nitrogen and oxygen atoms in total. The molecular weight excluding hydrogens is 454 g/mol. The third kappa shape index (κ3) is 6.39. The summed E-state index contributed by atoms with van der Waals surface area (Å²) in [7, 11) is 1.88. The van der Waals surface area contributed by atoms with Crippen molar-refractivity contribution in [1.29, 1.82) is 0 Å². The van der Waals surface area contributed by atoms with Gasteiger partial charge in [-0.05, 0) is 43.9 Å². The quantitative estimate of drug-likeness (QED) is 0.290. The number of carbonyl (C=O) groups is 1. The lowest BCUT2D eigenvalue weighted by Crippen LogP contribution is -2.28. The van der Waals surface area contributed by atoms with Crippen LogP contribution in [0.2, 0.25) is 5.02 Å². The molecule has 7 heteroatoms. The van der Waals surface area contributed by atoms with Crippen molar-refractivity contribution >= 4 is 28.8 Å². The van der Waals surface area contributed by atoms with Gasteiger partial charge in [0.15, 0.2) is 0 Å². The van der Waals surface area contributed by atoms with Gasteiger partial charge in [0.05, 0.1) is 22.0 Å². The molecule has 0 unspecified atom stereocenters. The molecule has 0 aliphatic carbocycles. The van der Waals surface area contributed by atoms with Crippen LogP contribution in [-0.2, 0) is 13.2 Å². The molecule has 0 saturated heterocycles. The molecule has 178 valence electrons. The summed E-state index contributed by atoms with van der Waals surface area (Å²) in [6, 6.07) is 9.45. The molecule has 3 aromatic rings. The Morgan fingerprint density at radius 1 is 1.30 bits per heavy atom. The standard InChI is InChI=1S/C26H34ClN3O2S/c1-6-7-13-29(5)26(31)20-15-23(30(19(20)4)14-12-18(2)3)22-17-33-25(28-22)16-32-24-11-9-8-10-21(24)27/h8-11,15,17-18H,6-7,12-14,16H2,1-5H3. The van der Waals surface area contributed by atoms with Crippen molar-refractivity contribution < 1.29 is 9.53 Å². The van der Waals surface area contributed by atoms with E-state index in [2.05, 4.69) is 25.3 Å². The smallest absolute Gasteiger partial charge is 0.255 e. The van der Waals surface area contributed by atoms with Gasteiger partial charge in [-0.2, -0.15) is 0 Å². The van der Waals surface area contributed by atoms with Crippen LogP contribution in [0.15, 0.2) is 35.7 Å². The predicted octanol–water partition coefficient (Wildman–Crippen LogP) is 7.07. The van der Waals surface area contributed by atoms with Crippen LogP contribution in [0.5, 0.6) is 5.75 Å². The van der Waals surface area contributed by atoms with Gasteiger partial charge in [-0.25, -0.2) is 4.98 Å². The van der Waals surface area contributed by atoms with Crippen molar-refractivity contribution in [3.05, 3.63) is 57.0 Å². The minimum Gasteiger partial charge on any atom is -0.485 e. The summed E-state index contributed by atoms with van der Waals surface area (Å²) in [4.78, 5) is 19.8. The lowest BCUT2D eigenvalue weighted by Gasteiger charge is -2.17. The molecule has 0 bridgehead atoms. The Morgan fingerprint density at radius 3 is 2.76 bits per heavy atom. The Kier molecular flexibility index (Phi) is 8.98. The number of rotatable bonds is 11. The van der Waals surface area contributed by atoms with E-state index in [1.807, 2.05) is 54.6 Å². The van der Waals surface area contributed by atoms with Gasteiger partial charge in [-0.15, -0.1) is 11.3 Å². The zero-order valence-corrected chi connectivity index (χ0v) is 21.8. The maximum absolute atomic E-state index is 13.2. The number of hydrogen-bond acceptors (Lipinski definition) is 4. The normalized spacial score (nSPS) is 11.2. The second-order valence-corrected chi connectivity index (χ2v) is 10.1. The van der Waals surface area contributed by atoms with Gasteiger partial charge in [0, 0.05) is 31.2 Å². The van der Waals surface area contributed by atoms with Gasteiger partial charge >= 0.3 is 0 Å². The van der Waals surface area contributed by atoms with Crippen molar-refractivity contribution in [1.82, 2.24) is 14.5 Å². The highest BCUT2D eigenvalue weighted by Crippen LogP contribution is 2.30. The highest BCUT2D eigenvalue weighted by atomic mass is 35.5. The Labute approximate surface area is 206 Å². The Hall–Kier alpha value is -2.31. The largest absolute Gasteiger partial charge is 0.485 e. The van der Waals surface area contributed by atoms with Crippen LogP contribution in [0.1, 0.15) is 61.1 Å². The molecule has 0 radical (unpaired) electrons. The lowest BCUT2D eigenvalue weighted by atomic mass is 10.1. The molecule has 2 aromatic heterocycles. The number of unbranched alkanes of at least 4 members (excludes halogenated alkanes) is 1. The first-order chi connectivity index (χ1) is 15.8. The number of carbonyl (C=O) groups excluding carboxylic acids is 1. The summed E-state index contributed by atoms with van der Waals surface area (Å²) < 4.78 is 8.11. The zero-order chi connectivity index (χ0) is 24.0. The average Bonchev–Trinajstić information content (AvgIpc) is 3.39. The first-order valence-corrected chi connectivity index (χ1v) is 12.8. The zero-order valence-electron chi connectivity index (χ0n) is 20.2. The summed E-state index contributed by atoms with van der Waals surface area (Å²) in [5.41, 5.74) is 3.62. The van der Waals surface area contributed by atoms with Crippen LogP contribution in [0.25, 0.3) is 11.4 Å². The number of para-hydroxylation sites is 1. The molecule has 0 N–H and O–H groups in total. The molecule has 0 aliphatic rings. The van der Waals surface area contributed by atoms with Crippen LogP contribution >= 0.6 is 22.9 Å². The number of nitrogens with zero attached hydrogens (tertiary/aromatic N) is 3. The van der Waals surface area contributed by atoms with Crippen molar-refractivity contribution in [2.45, 2.75) is 60.1 Å². The summed E-state index contributed by atoms with van der Waals surface area (Å²) in [5, 5.41) is 3.50. The van der Waals surface area contributed by atoms with Crippen LogP contribution in [0.3, 0.4) is 0 Å². The first kappa shape index (κ1) is 25.3. The lowest BCUT2D eigenvalue weighted by molar-refractivity contribution is 0.0792. The van der Waals surface area contributed by atoms with Crippen molar-refractivity contribution in [2.24, 2.45) is 5.92 Å². The Bertz CT molecular complexity index is 1070. The summed E-state index contributed by atoms with van der Waals surface area (Å²) in [6.45, 7) is 10.6. The molecule has 1 amide bonds. The third-order valence-corrected chi connectivity index (χ3v) is 6.86. The molecule has 0 saturated carbocycles. The van der Waals surface area contributed by atoms with E-state index in [0.29, 0.717) is 23.3 Å². The number of hydrogen-bond donors (Lipinski definition) is 0. The molecular formula is C26H34ClN3O2S. The van der Waals surface area contributed by atoms with E-state index in [-0.39, 0.29) is 5.91 Å². The maximum Gasteiger partial charge on any atom is 0.255 e. The number of halogens is 1. The molecule has 0 aliphatic heterocycles. The second-order valence-electron chi connectivity index (χ2n) is 8.79. The molecule has 3 rings (SSSR count). The topological polar surface area (TPSA) is 47.4 Å². The molecule has 33 heavy (non-hydrogen) atoms. The fraction of sp³-hybridized carbons (Fsp3) is 0.462. The molecule has 1 aromatic carbocycles. The Morgan fingerprint density at radius 2 is 2.06 bits per heavy atom. The van der Waals surface area contributed by atoms with Crippen molar-refractivity contribution in [3.63, 3.8) is 0 Å². The van der Waals surface area contributed by atoms with Gasteiger partial charge in [0.2, 0.25) is 0 Å². The van der Waals surface area contributed by atoms with E-state index in [4.69, 9.17) is 21.3 Å². The van der Waals surface area contributed by atoms with E-state index in [9.17, 15) is 4.79 Å². The first-order valence-electron chi connectivity index (χ1n) is 11.6. The van der Waals surface area contributed by atoms with E-state index in [1.54, 1.807) is 11.3 Å². The van der Waals surface area contributed by atoms with Gasteiger partial charge < -0.3 is 14.2 Å². The molecule has 0 fully saturated rings. The number of aromatic nitrogens is 2. The van der Waals surface area contributed by atoms with E-state index in [0.717, 1.165) is 60.0 Å². The highest BCUT2D eigenvalue weighted by Gasteiger charge is 2.22. The minimum atomic E-state index is 0.0722. The monoisotopic (exact) mass is 487 g/mol. The number of amides is 1. The fourth-order valence-electron chi connectivity index (χ4n) is 3.65. The van der Waals surface area contributed by atoms with Crippen molar-refractivity contribution in [3.8, 4) is 17.1 Å². The van der Waals surface area contributed by atoms with Crippen LogP contribution < -0.4 is 4.74 Å². The third-order valence-electron chi connectivity index (χ3n) is 5.72. The van der Waals surface area contributed by atoms with E-state index < -0.39 is 0 Å². The summed E-state index contributed by atoms with van der Waals surface area (Å²) >= 11 is 7.75. The van der Waals surface area contributed by atoms with Gasteiger partial charge in [-0.1, -0.05) is 50.9 Å². The Balaban J connectivity index is 1.86. The second kappa shape index (κ2) is 11.7. The SMILES string of the molecule is CCCCN(C)C(=O)c1cc(-c2csc(COc3ccccc3Cl)n2)n(CCC(C)C)c1C.